The van der Waals surface area contributed by atoms with Crippen molar-refractivity contribution in [1.29, 1.82) is 0 Å². The molecule has 0 bridgehead atoms. The normalized spacial score (nSPS) is 18.9. The van der Waals surface area contributed by atoms with Gasteiger partial charge in [0.1, 0.15) is 5.75 Å². The Balaban J connectivity index is 2.41. The van der Waals surface area contributed by atoms with Gasteiger partial charge in [-0.15, -0.1) is 0 Å². The Morgan fingerprint density at radius 3 is 2.13 bits per heavy atom. The summed E-state index contributed by atoms with van der Waals surface area (Å²) < 4.78 is 0. The van der Waals surface area contributed by atoms with Gasteiger partial charge in [-0.2, -0.15) is 0 Å². The minimum Gasteiger partial charge on any atom is -0.508 e. The van der Waals surface area contributed by atoms with E-state index in [-0.39, 0.29) is 5.75 Å². The fourth-order valence-corrected chi connectivity index (χ4v) is 2.39. The van der Waals surface area contributed by atoms with Crippen LogP contribution in [-0.4, -0.2) is 16.2 Å². The molecule has 1 aromatic carbocycles. The van der Waals surface area contributed by atoms with Gasteiger partial charge in [0.25, 0.3) is 0 Å². The highest BCUT2D eigenvalue weighted by Gasteiger charge is 2.42. The van der Waals surface area contributed by atoms with Crippen molar-refractivity contribution in [2.24, 2.45) is 0 Å². The molecular weight excluding hydrogens is 192 g/mol. The Hall–Kier alpha value is -1.51. The van der Waals surface area contributed by atoms with Crippen molar-refractivity contribution in [3.8, 4) is 5.75 Å². The van der Waals surface area contributed by atoms with Crippen LogP contribution in [-0.2, 0) is 10.2 Å². The second-order valence-corrected chi connectivity index (χ2v) is 4.14. The first-order valence-electron chi connectivity index (χ1n) is 5.18. The fourth-order valence-electron chi connectivity index (χ4n) is 2.39. The van der Waals surface area contributed by atoms with E-state index in [1.54, 1.807) is 24.3 Å². The van der Waals surface area contributed by atoms with Crippen LogP contribution in [0.4, 0.5) is 0 Å². The van der Waals surface area contributed by atoms with Crippen molar-refractivity contribution in [3.63, 3.8) is 0 Å². The molecule has 1 saturated carbocycles. The van der Waals surface area contributed by atoms with Crippen LogP contribution in [0.15, 0.2) is 24.3 Å². The Kier molecular flexibility index (Phi) is 2.39. The maximum absolute atomic E-state index is 11.3. The monoisotopic (exact) mass is 206 g/mol. The number of rotatable bonds is 2. The first kappa shape index (κ1) is 10.0. The van der Waals surface area contributed by atoms with E-state index >= 15 is 0 Å². The van der Waals surface area contributed by atoms with Crippen LogP contribution in [0.5, 0.6) is 5.75 Å². The second-order valence-electron chi connectivity index (χ2n) is 4.14. The molecule has 0 aliphatic heterocycles. The number of hydrogen-bond acceptors (Lipinski definition) is 2. The lowest BCUT2D eigenvalue weighted by atomic mass is 9.79. The van der Waals surface area contributed by atoms with Gasteiger partial charge < -0.3 is 10.2 Å². The lowest BCUT2D eigenvalue weighted by Gasteiger charge is -2.24. The van der Waals surface area contributed by atoms with Crippen molar-refractivity contribution < 1.29 is 15.0 Å². The molecule has 0 radical (unpaired) electrons. The Bertz CT molecular complexity index is 361. The zero-order valence-corrected chi connectivity index (χ0v) is 8.44. The number of carboxylic acid groups (broad SMARTS) is 1. The molecule has 0 spiro atoms. The molecule has 3 nitrogen and oxygen atoms in total. The summed E-state index contributed by atoms with van der Waals surface area (Å²) in [5, 5.41) is 18.5. The number of carboxylic acids is 1. The van der Waals surface area contributed by atoms with Crippen molar-refractivity contribution in [2.75, 3.05) is 0 Å². The first-order chi connectivity index (χ1) is 7.15. The standard InChI is InChI=1S/C12H14O3/c13-10-5-3-9(4-6-10)12(11(14)15)7-1-2-8-12/h3-6,13H,1-2,7-8H2,(H,14,15). The highest BCUT2D eigenvalue weighted by molar-refractivity contribution is 5.81. The molecule has 1 aliphatic rings. The minimum absolute atomic E-state index is 0.178. The lowest BCUT2D eigenvalue weighted by molar-refractivity contribution is -0.143. The Morgan fingerprint density at radius 1 is 1.13 bits per heavy atom. The number of aliphatic carboxylic acids is 1. The van der Waals surface area contributed by atoms with Crippen LogP contribution in [0.25, 0.3) is 0 Å². The van der Waals surface area contributed by atoms with E-state index in [0.29, 0.717) is 12.8 Å². The average Bonchev–Trinajstić information content (AvgIpc) is 2.69. The molecule has 80 valence electrons. The van der Waals surface area contributed by atoms with E-state index in [2.05, 4.69) is 0 Å². The fraction of sp³-hybridized carbons (Fsp3) is 0.417. The van der Waals surface area contributed by atoms with Crippen LogP contribution >= 0.6 is 0 Å². The van der Waals surface area contributed by atoms with Gasteiger partial charge in [0.2, 0.25) is 0 Å². The predicted octanol–water partition coefficient (Wildman–Crippen LogP) is 2.29. The molecule has 3 heteroatoms. The molecule has 0 atom stereocenters. The summed E-state index contributed by atoms with van der Waals surface area (Å²) >= 11 is 0. The Labute approximate surface area is 88.4 Å². The largest absolute Gasteiger partial charge is 0.508 e. The Morgan fingerprint density at radius 2 is 1.67 bits per heavy atom. The third kappa shape index (κ3) is 1.58. The number of aromatic hydroxyl groups is 1. The zero-order chi connectivity index (χ0) is 10.9. The molecule has 1 aromatic rings. The van der Waals surface area contributed by atoms with E-state index in [9.17, 15) is 15.0 Å². The molecule has 0 aromatic heterocycles. The van der Waals surface area contributed by atoms with Crippen LogP contribution in [0.1, 0.15) is 31.2 Å². The SMILES string of the molecule is O=C(O)C1(c2ccc(O)cc2)CCCC1. The quantitative estimate of drug-likeness (QED) is 0.780. The smallest absolute Gasteiger partial charge is 0.314 e. The van der Waals surface area contributed by atoms with E-state index in [4.69, 9.17) is 0 Å². The summed E-state index contributed by atoms with van der Waals surface area (Å²) in [5.41, 5.74) is 0.0959. The van der Waals surface area contributed by atoms with Gasteiger partial charge in [0.15, 0.2) is 0 Å². The van der Waals surface area contributed by atoms with Crippen molar-refractivity contribution >= 4 is 5.97 Å². The molecule has 0 saturated heterocycles. The van der Waals surface area contributed by atoms with Gasteiger partial charge in [0.05, 0.1) is 5.41 Å². The molecule has 1 fully saturated rings. The number of carbonyl (C=O) groups is 1. The highest BCUT2D eigenvalue weighted by atomic mass is 16.4. The molecule has 0 amide bonds. The zero-order valence-electron chi connectivity index (χ0n) is 8.44. The molecule has 1 aliphatic carbocycles. The predicted molar refractivity (Wildman–Crippen MR) is 55.9 cm³/mol. The maximum atomic E-state index is 11.3. The molecule has 0 unspecified atom stereocenters. The topological polar surface area (TPSA) is 57.5 Å². The van der Waals surface area contributed by atoms with Crippen molar-refractivity contribution in [1.82, 2.24) is 0 Å². The number of hydrogen-bond donors (Lipinski definition) is 2. The minimum atomic E-state index is -0.745. The summed E-state index contributed by atoms with van der Waals surface area (Å²) in [4.78, 5) is 11.3. The molecule has 15 heavy (non-hydrogen) atoms. The van der Waals surface area contributed by atoms with E-state index in [1.807, 2.05) is 0 Å². The third-order valence-electron chi connectivity index (χ3n) is 3.29. The summed E-state index contributed by atoms with van der Waals surface area (Å²) in [6, 6.07) is 6.54. The van der Waals surface area contributed by atoms with E-state index in [0.717, 1.165) is 18.4 Å². The molecular formula is C12H14O3. The van der Waals surface area contributed by atoms with E-state index in [1.165, 1.54) is 0 Å². The molecule has 2 N–H and O–H groups in total. The summed E-state index contributed by atoms with van der Waals surface area (Å²) in [7, 11) is 0. The van der Waals surface area contributed by atoms with Gasteiger partial charge in [-0.3, -0.25) is 4.79 Å². The van der Waals surface area contributed by atoms with Crippen LogP contribution in [0, 0.1) is 0 Å². The van der Waals surface area contributed by atoms with Gasteiger partial charge >= 0.3 is 5.97 Å². The highest BCUT2D eigenvalue weighted by Crippen LogP contribution is 2.41. The van der Waals surface area contributed by atoms with Crippen LogP contribution in [0.2, 0.25) is 0 Å². The van der Waals surface area contributed by atoms with Gasteiger partial charge in [-0.1, -0.05) is 25.0 Å². The van der Waals surface area contributed by atoms with Crippen LogP contribution < -0.4 is 0 Å². The van der Waals surface area contributed by atoms with Crippen molar-refractivity contribution in [3.05, 3.63) is 29.8 Å². The number of benzene rings is 1. The number of phenolic OH excluding ortho intramolecular Hbond substituents is 1. The van der Waals surface area contributed by atoms with Crippen LogP contribution in [0.3, 0.4) is 0 Å². The first-order valence-corrected chi connectivity index (χ1v) is 5.18. The summed E-state index contributed by atoms with van der Waals surface area (Å²) in [6.07, 6.45) is 3.33. The maximum Gasteiger partial charge on any atom is 0.314 e. The van der Waals surface area contributed by atoms with Gasteiger partial charge in [0, 0.05) is 0 Å². The third-order valence-corrected chi connectivity index (χ3v) is 3.29. The molecule has 2 rings (SSSR count). The average molecular weight is 206 g/mol. The summed E-state index contributed by atoms with van der Waals surface area (Å²) in [5.74, 6) is -0.567. The second kappa shape index (κ2) is 3.57. The summed E-state index contributed by atoms with van der Waals surface area (Å²) in [6.45, 7) is 0. The van der Waals surface area contributed by atoms with E-state index < -0.39 is 11.4 Å². The van der Waals surface area contributed by atoms with Gasteiger partial charge in [-0.05, 0) is 30.5 Å². The lowest BCUT2D eigenvalue weighted by Crippen LogP contribution is -2.32. The number of phenols is 1. The molecule has 0 heterocycles. The van der Waals surface area contributed by atoms with Gasteiger partial charge in [-0.25, -0.2) is 0 Å². The van der Waals surface area contributed by atoms with Crippen molar-refractivity contribution in [2.45, 2.75) is 31.1 Å².